The lowest BCUT2D eigenvalue weighted by atomic mass is 10.1. The average molecular weight is 528 g/mol. The summed E-state index contributed by atoms with van der Waals surface area (Å²) in [5.41, 5.74) is 4.16. The summed E-state index contributed by atoms with van der Waals surface area (Å²) in [5, 5.41) is 6.35. The van der Waals surface area contributed by atoms with Crippen molar-refractivity contribution in [2.45, 2.75) is 26.4 Å². The average Bonchev–Trinajstić information content (AvgIpc) is 3.26. The molecule has 0 aliphatic carbocycles. The Morgan fingerprint density at radius 3 is 2.49 bits per heavy atom. The van der Waals surface area contributed by atoms with Crippen LogP contribution < -0.4 is 16.2 Å². The lowest BCUT2D eigenvalue weighted by molar-refractivity contribution is -0.117. The van der Waals surface area contributed by atoms with Gasteiger partial charge in [-0.15, -0.1) is 0 Å². The molecule has 0 aliphatic heterocycles. The van der Waals surface area contributed by atoms with Gasteiger partial charge in [0.25, 0.3) is 5.56 Å². The molecule has 3 heterocycles. The molecular weight excluding hydrogens is 500 g/mol. The standard InChI is InChI=1S/C30H27F2N5O2/c1-18-16-36(28-10-8-23(32)13-25(18)28)24-12-20(14-34-15-24)17-37-27(21-4-6-22(31)7-5-21)11-9-26(30(37)39)35-29(38)19(2)33-3/h4-16,19,33H,17H2,1-3H3,(H,35,38). The second-order valence-corrected chi connectivity index (χ2v) is 9.43. The number of halogens is 2. The molecule has 39 heavy (non-hydrogen) atoms. The van der Waals surface area contributed by atoms with E-state index in [4.69, 9.17) is 0 Å². The highest BCUT2D eigenvalue weighted by Gasteiger charge is 2.17. The van der Waals surface area contributed by atoms with Gasteiger partial charge in [0.15, 0.2) is 0 Å². The zero-order valence-electron chi connectivity index (χ0n) is 21.7. The van der Waals surface area contributed by atoms with E-state index in [-0.39, 0.29) is 29.8 Å². The second kappa shape index (κ2) is 10.6. The van der Waals surface area contributed by atoms with E-state index in [1.807, 2.05) is 23.8 Å². The van der Waals surface area contributed by atoms with Crippen LogP contribution in [0.4, 0.5) is 14.5 Å². The Bertz CT molecular complexity index is 1740. The maximum Gasteiger partial charge on any atom is 0.275 e. The molecule has 3 aromatic heterocycles. The molecule has 2 N–H and O–H groups in total. The number of hydrogen-bond donors (Lipinski definition) is 2. The number of pyridine rings is 2. The minimum Gasteiger partial charge on any atom is -0.320 e. The van der Waals surface area contributed by atoms with Crippen LogP contribution in [0.5, 0.6) is 0 Å². The summed E-state index contributed by atoms with van der Waals surface area (Å²) in [6.07, 6.45) is 5.28. The summed E-state index contributed by atoms with van der Waals surface area (Å²) in [5.74, 6) is -1.03. The first-order valence-electron chi connectivity index (χ1n) is 12.4. The van der Waals surface area contributed by atoms with Crippen molar-refractivity contribution in [1.82, 2.24) is 19.4 Å². The van der Waals surface area contributed by atoms with Gasteiger partial charge in [-0.1, -0.05) is 0 Å². The van der Waals surface area contributed by atoms with Crippen molar-refractivity contribution in [2.24, 2.45) is 0 Å². The molecule has 0 radical (unpaired) electrons. The van der Waals surface area contributed by atoms with E-state index in [2.05, 4.69) is 15.6 Å². The van der Waals surface area contributed by atoms with Gasteiger partial charge in [-0.05, 0) is 98.2 Å². The number of likely N-dealkylation sites (N-methyl/N-ethyl adjacent to an activating group) is 1. The van der Waals surface area contributed by atoms with E-state index < -0.39 is 11.6 Å². The highest BCUT2D eigenvalue weighted by atomic mass is 19.1. The Hall–Kier alpha value is -4.63. The number of carbonyl (C=O) groups excluding carboxylic acids is 1. The number of hydrogen-bond acceptors (Lipinski definition) is 4. The summed E-state index contributed by atoms with van der Waals surface area (Å²) >= 11 is 0. The van der Waals surface area contributed by atoms with Crippen molar-refractivity contribution in [3.8, 4) is 16.9 Å². The molecule has 2 aromatic carbocycles. The van der Waals surface area contributed by atoms with Gasteiger partial charge < -0.3 is 19.8 Å². The van der Waals surface area contributed by atoms with Crippen LogP contribution >= 0.6 is 0 Å². The quantitative estimate of drug-likeness (QED) is 0.311. The molecule has 7 nitrogen and oxygen atoms in total. The molecule has 0 spiro atoms. The van der Waals surface area contributed by atoms with E-state index in [1.54, 1.807) is 56.7 Å². The number of rotatable bonds is 7. The molecule has 1 atom stereocenters. The van der Waals surface area contributed by atoms with E-state index in [9.17, 15) is 18.4 Å². The third-order valence-corrected chi connectivity index (χ3v) is 6.76. The maximum absolute atomic E-state index is 13.8. The summed E-state index contributed by atoms with van der Waals surface area (Å²) < 4.78 is 30.9. The van der Waals surface area contributed by atoms with Crippen molar-refractivity contribution in [3.05, 3.63) is 112 Å². The fraction of sp³-hybridized carbons (Fsp3) is 0.167. The van der Waals surface area contributed by atoms with E-state index >= 15 is 0 Å². The minimum absolute atomic E-state index is 0.131. The Kier molecular flexibility index (Phi) is 7.08. The number of fused-ring (bicyclic) bond motifs is 1. The van der Waals surface area contributed by atoms with Gasteiger partial charge in [0.1, 0.15) is 17.3 Å². The van der Waals surface area contributed by atoms with E-state index in [0.717, 1.165) is 27.7 Å². The van der Waals surface area contributed by atoms with Gasteiger partial charge in [-0.2, -0.15) is 0 Å². The lowest BCUT2D eigenvalue weighted by Crippen LogP contribution is -2.37. The smallest absolute Gasteiger partial charge is 0.275 e. The zero-order valence-corrected chi connectivity index (χ0v) is 21.7. The third kappa shape index (κ3) is 5.21. The minimum atomic E-state index is -0.496. The largest absolute Gasteiger partial charge is 0.320 e. The molecule has 0 saturated carbocycles. The van der Waals surface area contributed by atoms with Crippen LogP contribution in [0, 0.1) is 18.6 Å². The van der Waals surface area contributed by atoms with Gasteiger partial charge in [0.2, 0.25) is 5.91 Å². The Balaban J connectivity index is 1.58. The SMILES string of the molecule is CNC(C)C(=O)Nc1ccc(-c2ccc(F)cc2)n(Cc2cncc(-n3cc(C)c4cc(F)ccc43)c2)c1=O. The van der Waals surface area contributed by atoms with Crippen LogP contribution in [0.2, 0.25) is 0 Å². The highest BCUT2D eigenvalue weighted by molar-refractivity contribution is 5.94. The van der Waals surface area contributed by atoms with Crippen molar-refractivity contribution >= 4 is 22.5 Å². The van der Waals surface area contributed by atoms with Crippen LogP contribution in [0.1, 0.15) is 18.1 Å². The topological polar surface area (TPSA) is 81.0 Å². The molecule has 1 amide bonds. The summed E-state index contributed by atoms with van der Waals surface area (Å²) in [6.45, 7) is 3.75. The van der Waals surface area contributed by atoms with E-state index in [0.29, 0.717) is 11.3 Å². The normalized spacial score (nSPS) is 12.0. The predicted molar refractivity (Wildman–Crippen MR) is 148 cm³/mol. The van der Waals surface area contributed by atoms with Crippen LogP contribution in [-0.4, -0.2) is 33.1 Å². The number of aromatic nitrogens is 3. The fourth-order valence-corrected chi connectivity index (χ4v) is 4.53. The van der Waals surface area contributed by atoms with Crippen LogP contribution in [0.25, 0.3) is 27.8 Å². The van der Waals surface area contributed by atoms with Crippen LogP contribution in [-0.2, 0) is 11.3 Å². The molecular formula is C30H27F2N5O2. The van der Waals surface area contributed by atoms with Crippen LogP contribution in [0.3, 0.4) is 0 Å². The summed E-state index contributed by atoms with van der Waals surface area (Å²) in [7, 11) is 1.66. The molecule has 1 unspecified atom stereocenters. The van der Waals surface area contributed by atoms with Gasteiger partial charge in [-0.3, -0.25) is 14.6 Å². The monoisotopic (exact) mass is 527 g/mol. The van der Waals surface area contributed by atoms with Crippen LogP contribution in [0.15, 0.2) is 84.0 Å². The Morgan fingerprint density at radius 2 is 1.74 bits per heavy atom. The fourth-order valence-electron chi connectivity index (χ4n) is 4.53. The molecule has 9 heteroatoms. The van der Waals surface area contributed by atoms with Crippen molar-refractivity contribution in [1.29, 1.82) is 0 Å². The zero-order chi connectivity index (χ0) is 27.7. The van der Waals surface area contributed by atoms with Crippen molar-refractivity contribution in [3.63, 3.8) is 0 Å². The van der Waals surface area contributed by atoms with Gasteiger partial charge >= 0.3 is 0 Å². The van der Waals surface area contributed by atoms with Gasteiger partial charge in [-0.25, -0.2) is 8.78 Å². The molecule has 0 saturated heterocycles. The molecule has 5 aromatic rings. The first-order chi connectivity index (χ1) is 18.7. The molecule has 198 valence electrons. The number of nitrogens with zero attached hydrogens (tertiary/aromatic N) is 3. The molecule has 0 aliphatic rings. The van der Waals surface area contributed by atoms with Gasteiger partial charge in [0, 0.05) is 17.8 Å². The van der Waals surface area contributed by atoms with E-state index in [1.165, 1.54) is 28.8 Å². The highest BCUT2D eigenvalue weighted by Crippen LogP contribution is 2.26. The number of aryl methyl sites for hydroxylation is 1. The number of benzene rings is 2. The summed E-state index contributed by atoms with van der Waals surface area (Å²) in [4.78, 5) is 30.5. The first kappa shape index (κ1) is 26.0. The molecule has 0 bridgehead atoms. The lowest BCUT2D eigenvalue weighted by Gasteiger charge is -2.17. The summed E-state index contributed by atoms with van der Waals surface area (Å²) in [6, 6.07) is 15.2. The maximum atomic E-state index is 13.8. The van der Waals surface area contributed by atoms with Crippen molar-refractivity contribution < 1.29 is 13.6 Å². The third-order valence-electron chi connectivity index (χ3n) is 6.76. The predicted octanol–water partition coefficient (Wildman–Crippen LogP) is 5.04. The molecule has 0 fully saturated rings. The second-order valence-electron chi connectivity index (χ2n) is 9.43. The first-order valence-corrected chi connectivity index (χ1v) is 12.4. The number of nitrogens with one attached hydrogen (secondary N) is 2. The Labute approximate surface area is 223 Å². The Morgan fingerprint density at radius 1 is 1.00 bits per heavy atom. The van der Waals surface area contributed by atoms with Crippen molar-refractivity contribution in [2.75, 3.05) is 12.4 Å². The molecule has 5 rings (SSSR count). The van der Waals surface area contributed by atoms with Gasteiger partial charge in [0.05, 0.1) is 35.7 Å². The number of carbonyl (C=O) groups is 1. The number of anilines is 1. The number of amides is 1.